The summed E-state index contributed by atoms with van der Waals surface area (Å²) in [5, 5.41) is 15.4. The van der Waals surface area contributed by atoms with E-state index in [0.717, 1.165) is 76.2 Å². The van der Waals surface area contributed by atoms with E-state index >= 15 is 0 Å². The maximum atomic E-state index is 13.9. The van der Waals surface area contributed by atoms with Crippen LogP contribution in [0, 0.1) is 5.92 Å². The number of nitrogens with one attached hydrogen (secondary N) is 1. The molecule has 0 radical (unpaired) electrons. The number of aliphatic hydroxyl groups excluding tert-OH is 1. The number of aliphatic hydroxyl groups is 1. The largest absolute Gasteiger partial charge is 0.379 e. The molecule has 1 atom stereocenters. The number of benzene rings is 2. The number of morpholine rings is 1. The third-order valence-electron chi connectivity index (χ3n) is 8.21. The van der Waals surface area contributed by atoms with Crippen LogP contribution in [0.5, 0.6) is 0 Å². The van der Waals surface area contributed by atoms with Gasteiger partial charge in [-0.05, 0) is 61.1 Å². The molecule has 2 aromatic rings. The van der Waals surface area contributed by atoms with Crippen molar-refractivity contribution in [2.24, 2.45) is 5.92 Å². The fraction of sp³-hybridized carbons (Fsp3) is 0.500. The van der Waals surface area contributed by atoms with Crippen molar-refractivity contribution in [2.75, 3.05) is 39.4 Å². The van der Waals surface area contributed by atoms with E-state index in [-0.39, 0.29) is 11.8 Å². The Labute approximate surface area is 235 Å². The van der Waals surface area contributed by atoms with Crippen molar-refractivity contribution in [1.82, 2.24) is 15.1 Å². The van der Waals surface area contributed by atoms with E-state index in [4.69, 9.17) is 27.9 Å². The molecule has 1 saturated heterocycles. The summed E-state index contributed by atoms with van der Waals surface area (Å²) in [5.74, 6) is 0.603. The molecule has 1 amide bonds. The van der Waals surface area contributed by atoms with Crippen molar-refractivity contribution in [2.45, 2.75) is 50.8 Å². The number of ether oxygens (including phenoxy) is 1. The highest BCUT2D eigenvalue weighted by Crippen LogP contribution is 2.40. The minimum atomic E-state index is -1.03. The van der Waals surface area contributed by atoms with Gasteiger partial charge in [-0.25, -0.2) is 0 Å². The third kappa shape index (κ3) is 6.37. The summed E-state index contributed by atoms with van der Waals surface area (Å²) in [6.45, 7) is 4.65. The monoisotopic (exact) mass is 557 g/mol. The average Bonchev–Trinajstić information content (AvgIpc) is 2.95. The molecule has 2 fully saturated rings. The van der Waals surface area contributed by atoms with Crippen molar-refractivity contribution in [3.05, 3.63) is 81.0 Å². The van der Waals surface area contributed by atoms with Gasteiger partial charge in [0.25, 0.3) is 5.91 Å². The molecule has 5 rings (SSSR count). The summed E-state index contributed by atoms with van der Waals surface area (Å²) in [7, 11) is 0. The number of carbonyl (C=O) groups is 1. The molecule has 2 aliphatic heterocycles. The van der Waals surface area contributed by atoms with Crippen LogP contribution in [0.25, 0.3) is 0 Å². The Morgan fingerprint density at radius 3 is 2.37 bits per heavy atom. The van der Waals surface area contributed by atoms with Crippen molar-refractivity contribution in [3.8, 4) is 0 Å². The highest BCUT2D eigenvalue weighted by Gasteiger charge is 2.37. The summed E-state index contributed by atoms with van der Waals surface area (Å²) >= 11 is 12.9. The zero-order chi connectivity index (χ0) is 26.5. The van der Waals surface area contributed by atoms with E-state index in [1.54, 1.807) is 11.0 Å². The molecule has 38 heavy (non-hydrogen) atoms. The Morgan fingerprint density at radius 1 is 0.921 bits per heavy atom. The number of nitrogens with zero attached hydrogens (tertiary/aromatic N) is 2. The van der Waals surface area contributed by atoms with Crippen LogP contribution >= 0.6 is 23.2 Å². The predicted octanol–water partition coefficient (Wildman–Crippen LogP) is 5.19. The molecule has 1 unspecified atom stereocenters. The summed E-state index contributed by atoms with van der Waals surface area (Å²) in [6.07, 6.45) is 4.17. The van der Waals surface area contributed by atoms with E-state index in [1.165, 1.54) is 5.56 Å². The van der Waals surface area contributed by atoms with Gasteiger partial charge in [0.15, 0.2) is 0 Å². The van der Waals surface area contributed by atoms with E-state index < -0.39 is 6.35 Å². The van der Waals surface area contributed by atoms with Crippen LogP contribution < -0.4 is 5.32 Å². The van der Waals surface area contributed by atoms with Gasteiger partial charge in [-0.15, -0.1) is 0 Å². The number of amides is 1. The van der Waals surface area contributed by atoms with Crippen LogP contribution in [-0.2, 0) is 16.0 Å². The van der Waals surface area contributed by atoms with Crippen molar-refractivity contribution >= 4 is 29.1 Å². The van der Waals surface area contributed by atoms with Gasteiger partial charge >= 0.3 is 0 Å². The molecule has 0 aromatic heterocycles. The highest BCUT2D eigenvalue weighted by molar-refractivity contribution is 6.42. The van der Waals surface area contributed by atoms with Crippen LogP contribution in [-0.4, -0.2) is 66.6 Å². The van der Waals surface area contributed by atoms with E-state index in [9.17, 15) is 9.90 Å². The number of hydrogen-bond donors (Lipinski definition) is 2. The smallest absolute Gasteiger partial charge is 0.255 e. The van der Waals surface area contributed by atoms with Gasteiger partial charge in [0, 0.05) is 43.9 Å². The SMILES string of the molecule is O=C1C(Cc2cccc(Cl)c2Cl)=C(C2CCC(c3ccccc3)CC2)NC(O)N1CCCN1CCOCC1. The first-order valence-corrected chi connectivity index (χ1v) is 14.5. The van der Waals surface area contributed by atoms with Gasteiger partial charge in [-0.2, -0.15) is 0 Å². The lowest BCUT2D eigenvalue weighted by Crippen LogP contribution is -2.55. The standard InChI is InChI=1S/C30H37Cl2N3O3/c31-26-9-4-8-24(27(26)32)20-25-28(23-12-10-22(11-13-23)21-6-2-1-3-7-21)33-30(37)35(29(25)36)15-5-14-34-16-18-38-19-17-34/h1-4,6-9,22-23,30,33,37H,5,10-20H2. The fourth-order valence-corrected chi connectivity index (χ4v) is 6.46. The molecule has 1 aliphatic carbocycles. The quantitative estimate of drug-likeness (QED) is 0.467. The first-order valence-electron chi connectivity index (χ1n) is 13.8. The third-order valence-corrected chi connectivity index (χ3v) is 9.06. The van der Waals surface area contributed by atoms with E-state index in [1.807, 2.05) is 12.1 Å². The molecule has 204 valence electrons. The van der Waals surface area contributed by atoms with Gasteiger partial charge < -0.3 is 15.2 Å². The minimum Gasteiger partial charge on any atom is -0.379 e. The Kier molecular flexibility index (Phi) is 9.29. The number of halogens is 2. The number of allylic oxidation sites excluding steroid dienone is 1. The van der Waals surface area contributed by atoms with Crippen molar-refractivity contribution < 1.29 is 14.6 Å². The second kappa shape index (κ2) is 12.8. The molecule has 2 aromatic carbocycles. The minimum absolute atomic E-state index is 0.116. The maximum absolute atomic E-state index is 13.9. The van der Waals surface area contributed by atoms with Crippen LogP contribution in [0.3, 0.4) is 0 Å². The average molecular weight is 559 g/mol. The van der Waals surface area contributed by atoms with Gasteiger partial charge in [-0.3, -0.25) is 14.6 Å². The molecular formula is C30H37Cl2N3O3. The molecule has 6 nitrogen and oxygen atoms in total. The van der Waals surface area contributed by atoms with Crippen LogP contribution in [0.2, 0.25) is 10.0 Å². The number of rotatable bonds is 8. The lowest BCUT2D eigenvalue weighted by atomic mass is 9.76. The Bertz CT molecular complexity index is 1130. The molecule has 0 bridgehead atoms. The Balaban J connectivity index is 1.34. The Hall–Kier alpha value is -2.09. The topological polar surface area (TPSA) is 65.0 Å². The van der Waals surface area contributed by atoms with Gasteiger partial charge in [0.05, 0.1) is 23.3 Å². The molecule has 3 aliphatic rings. The van der Waals surface area contributed by atoms with Crippen LogP contribution in [0.15, 0.2) is 59.8 Å². The summed E-state index contributed by atoms with van der Waals surface area (Å²) in [4.78, 5) is 17.8. The maximum Gasteiger partial charge on any atom is 0.255 e. The fourth-order valence-electron chi connectivity index (χ4n) is 6.07. The van der Waals surface area contributed by atoms with E-state index in [2.05, 4.69) is 40.5 Å². The van der Waals surface area contributed by atoms with Crippen molar-refractivity contribution in [3.63, 3.8) is 0 Å². The molecule has 0 spiro atoms. The second-order valence-corrected chi connectivity index (χ2v) is 11.4. The zero-order valence-corrected chi connectivity index (χ0v) is 23.3. The molecule has 2 heterocycles. The Morgan fingerprint density at radius 2 is 1.63 bits per heavy atom. The van der Waals surface area contributed by atoms with Gasteiger partial charge in [-0.1, -0.05) is 65.7 Å². The molecular weight excluding hydrogens is 521 g/mol. The summed E-state index contributed by atoms with van der Waals surface area (Å²) < 4.78 is 5.44. The molecule has 2 N–H and O–H groups in total. The van der Waals surface area contributed by atoms with Crippen molar-refractivity contribution in [1.29, 1.82) is 0 Å². The summed E-state index contributed by atoms with van der Waals surface area (Å²) in [5.41, 5.74) is 3.76. The van der Waals surface area contributed by atoms with E-state index in [0.29, 0.717) is 34.5 Å². The number of carbonyl (C=O) groups excluding carboxylic acids is 1. The van der Waals surface area contributed by atoms with Gasteiger partial charge in [0.1, 0.15) is 0 Å². The lowest BCUT2D eigenvalue weighted by Gasteiger charge is -2.40. The van der Waals surface area contributed by atoms with Crippen LogP contribution in [0.4, 0.5) is 0 Å². The normalized spacial score (nSPS) is 25.0. The highest BCUT2D eigenvalue weighted by atomic mass is 35.5. The lowest BCUT2D eigenvalue weighted by molar-refractivity contribution is -0.141. The molecule has 8 heteroatoms. The first-order chi connectivity index (χ1) is 18.5. The summed E-state index contributed by atoms with van der Waals surface area (Å²) in [6, 6.07) is 16.2. The second-order valence-electron chi connectivity index (χ2n) is 10.6. The zero-order valence-electron chi connectivity index (χ0n) is 21.8. The van der Waals surface area contributed by atoms with Gasteiger partial charge in [0.2, 0.25) is 6.35 Å². The first kappa shape index (κ1) is 27.5. The van der Waals surface area contributed by atoms with Crippen LogP contribution in [0.1, 0.15) is 49.1 Å². The number of hydrogen-bond acceptors (Lipinski definition) is 5. The molecule has 1 saturated carbocycles. The predicted molar refractivity (Wildman–Crippen MR) is 151 cm³/mol.